The minimum Gasteiger partial charge on any atom is -0.444 e. The average Bonchev–Trinajstić information content (AvgIpc) is 2.90. The fourth-order valence-electron chi connectivity index (χ4n) is 2.39. The van der Waals surface area contributed by atoms with Crippen molar-refractivity contribution in [2.75, 3.05) is 19.6 Å². The summed E-state index contributed by atoms with van der Waals surface area (Å²) in [6.07, 6.45) is 1.97. The number of carbonyl (C=O) groups is 1. The van der Waals surface area contributed by atoms with Gasteiger partial charge in [0.15, 0.2) is 0 Å². The van der Waals surface area contributed by atoms with Gasteiger partial charge in [0.2, 0.25) is 0 Å². The van der Waals surface area contributed by atoms with Gasteiger partial charge in [-0.25, -0.2) is 4.79 Å². The Morgan fingerprint density at radius 2 is 2.38 bits per heavy atom. The summed E-state index contributed by atoms with van der Waals surface area (Å²) in [4.78, 5) is 13.9. The van der Waals surface area contributed by atoms with Crippen molar-refractivity contribution in [1.29, 1.82) is 0 Å². The molecule has 1 aliphatic heterocycles. The van der Waals surface area contributed by atoms with Crippen LogP contribution in [-0.2, 0) is 11.3 Å². The van der Waals surface area contributed by atoms with E-state index in [0.29, 0.717) is 5.92 Å². The fourth-order valence-corrected chi connectivity index (χ4v) is 2.84. The molecule has 2 heterocycles. The Hall–Kier alpha value is -1.21. The van der Waals surface area contributed by atoms with Gasteiger partial charge in [-0.3, -0.25) is 0 Å². The van der Waals surface area contributed by atoms with Crippen LogP contribution in [0.3, 0.4) is 0 Å². The van der Waals surface area contributed by atoms with E-state index in [2.05, 4.69) is 14.9 Å². The van der Waals surface area contributed by atoms with Gasteiger partial charge in [-0.15, -0.1) is 5.10 Å². The van der Waals surface area contributed by atoms with E-state index in [1.165, 1.54) is 11.5 Å². The molecule has 2 rings (SSSR count). The van der Waals surface area contributed by atoms with Gasteiger partial charge in [0, 0.05) is 31.6 Å². The van der Waals surface area contributed by atoms with Gasteiger partial charge in [-0.2, -0.15) is 0 Å². The van der Waals surface area contributed by atoms with Crippen molar-refractivity contribution in [2.45, 2.75) is 45.8 Å². The summed E-state index contributed by atoms with van der Waals surface area (Å²) in [7, 11) is 0. The van der Waals surface area contributed by atoms with E-state index in [4.69, 9.17) is 4.74 Å². The van der Waals surface area contributed by atoms with Crippen molar-refractivity contribution in [2.24, 2.45) is 5.92 Å². The molecule has 1 amide bonds. The number of ether oxygens (including phenoxy) is 1. The molecule has 1 N–H and O–H groups in total. The largest absolute Gasteiger partial charge is 0.444 e. The molecule has 6 nitrogen and oxygen atoms in total. The minimum absolute atomic E-state index is 0.198. The van der Waals surface area contributed by atoms with E-state index in [-0.39, 0.29) is 6.09 Å². The number of nitrogens with one attached hydrogen (secondary N) is 1. The Morgan fingerprint density at radius 3 is 3.05 bits per heavy atom. The summed E-state index contributed by atoms with van der Waals surface area (Å²) in [6, 6.07) is 0. The lowest BCUT2D eigenvalue weighted by Crippen LogP contribution is -2.45. The Bertz CT molecular complexity index is 444. The quantitative estimate of drug-likeness (QED) is 0.924. The monoisotopic (exact) mass is 312 g/mol. The van der Waals surface area contributed by atoms with E-state index in [1.54, 1.807) is 0 Å². The van der Waals surface area contributed by atoms with E-state index >= 15 is 0 Å². The number of amides is 1. The van der Waals surface area contributed by atoms with Crippen LogP contribution in [0.15, 0.2) is 5.38 Å². The van der Waals surface area contributed by atoms with Crippen LogP contribution in [-0.4, -0.2) is 45.8 Å². The van der Waals surface area contributed by atoms with Crippen molar-refractivity contribution in [3.63, 3.8) is 0 Å². The molecule has 0 bridgehead atoms. The molecule has 0 aliphatic carbocycles. The number of rotatable bonds is 4. The van der Waals surface area contributed by atoms with E-state index < -0.39 is 5.60 Å². The third-order valence-corrected chi connectivity index (χ3v) is 3.87. The van der Waals surface area contributed by atoms with Crippen molar-refractivity contribution in [3.8, 4) is 0 Å². The standard InChI is InChI=1S/C14H24N4O2S/c1-14(2,3)20-13(19)18-6-4-5-11(9-18)7-15-8-12-10-21-17-16-12/h10-11,15H,4-9H2,1-3H3. The number of carbonyl (C=O) groups excluding carboxylic acids is 1. The zero-order valence-corrected chi connectivity index (χ0v) is 13.8. The Balaban J connectivity index is 1.74. The molecule has 1 aliphatic rings. The van der Waals surface area contributed by atoms with E-state index in [9.17, 15) is 4.79 Å². The SMILES string of the molecule is CC(C)(C)OC(=O)N1CCCC(CNCc2csnn2)C1. The van der Waals surface area contributed by atoms with Crippen LogP contribution in [0.5, 0.6) is 0 Å². The molecule has 0 aromatic carbocycles. The van der Waals surface area contributed by atoms with E-state index in [0.717, 1.165) is 44.7 Å². The lowest BCUT2D eigenvalue weighted by atomic mass is 9.98. The van der Waals surface area contributed by atoms with Crippen LogP contribution in [0.4, 0.5) is 4.79 Å². The number of hydrogen-bond acceptors (Lipinski definition) is 6. The molecular weight excluding hydrogens is 288 g/mol. The first-order valence-corrected chi connectivity index (χ1v) is 8.22. The summed E-state index contributed by atoms with van der Waals surface area (Å²) in [6.45, 7) is 8.87. The molecule has 0 saturated carbocycles. The average molecular weight is 312 g/mol. The molecule has 1 unspecified atom stereocenters. The fraction of sp³-hybridized carbons (Fsp3) is 0.786. The first kappa shape index (κ1) is 16.2. The zero-order valence-electron chi connectivity index (χ0n) is 13.0. The van der Waals surface area contributed by atoms with Crippen LogP contribution in [0.1, 0.15) is 39.3 Å². The highest BCUT2D eigenvalue weighted by atomic mass is 32.1. The van der Waals surface area contributed by atoms with Gasteiger partial charge < -0.3 is 15.0 Å². The number of likely N-dealkylation sites (tertiary alicyclic amines) is 1. The van der Waals surface area contributed by atoms with Crippen LogP contribution in [0.2, 0.25) is 0 Å². The third kappa shape index (κ3) is 5.59. The van der Waals surface area contributed by atoms with Gasteiger partial charge in [0.1, 0.15) is 5.60 Å². The van der Waals surface area contributed by atoms with Crippen LogP contribution >= 0.6 is 11.5 Å². The second-order valence-electron chi connectivity index (χ2n) is 6.46. The molecule has 21 heavy (non-hydrogen) atoms. The molecule has 0 radical (unpaired) electrons. The Morgan fingerprint density at radius 1 is 1.57 bits per heavy atom. The normalized spacial score (nSPS) is 19.6. The van der Waals surface area contributed by atoms with Gasteiger partial charge >= 0.3 is 6.09 Å². The van der Waals surface area contributed by atoms with Crippen LogP contribution < -0.4 is 5.32 Å². The van der Waals surface area contributed by atoms with Crippen molar-refractivity contribution in [3.05, 3.63) is 11.1 Å². The second-order valence-corrected chi connectivity index (χ2v) is 7.07. The van der Waals surface area contributed by atoms with Gasteiger partial charge in [0.05, 0.1) is 5.69 Å². The molecule has 1 aromatic heterocycles. The molecule has 1 saturated heterocycles. The predicted octanol–water partition coefficient (Wildman–Crippen LogP) is 2.27. The van der Waals surface area contributed by atoms with Crippen LogP contribution in [0, 0.1) is 5.92 Å². The smallest absolute Gasteiger partial charge is 0.410 e. The maximum absolute atomic E-state index is 12.1. The summed E-state index contributed by atoms with van der Waals surface area (Å²) in [5.41, 5.74) is 0.541. The highest BCUT2D eigenvalue weighted by molar-refractivity contribution is 7.03. The molecule has 1 fully saturated rings. The number of piperidine rings is 1. The third-order valence-electron chi connectivity index (χ3n) is 3.31. The first-order valence-electron chi connectivity index (χ1n) is 7.38. The number of hydrogen-bond donors (Lipinski definition) is 1. The predicted molar refractivity (Wildman–Crippen MR) is 82.1 cm³/mol. The first-order chi connectivity index (χ1) is 9.94. The maximum atomic E-state index is 12.1. The van der Waals surface area contributed by atoms with Crippen molar-refractivity contribution < 1.29 is 9.53 Å². The van der Waals surface area contributed by atoms with Gasteiger partial charge in [-0.1, -0.05) is 4.49 Å². The molecule has 118 valence electrons. The van der Waals surface area contributed by atoms with Crippen molar-refractivity contribution >= 4 is 17.6 Å². The summed E-state index contributed by atoms with van der Waals surface area (Å²) >= 11 is 1.36. The molecule has 0 spiro atoms. The molecule has 1 atom stereocenters. The summed E-state index contributed by atoms with van der Waals surface area (Å²) < 4.78 is 9.28. The lowest BCUT2D eigenvalue weighted by molar-refractivity contribution is 0.0166. The maximum Gasteiger partial charge on any atom is 0.410 e. The number of nitrogens with zero attached hydrogens (tertiary/aromatic N) is 3. The molecule has 7 heteroatoms. The summed E-state index contributed by atoms with van der Waals surface area (Å²) in [5, 5.41) is 9.34. The Labute approximate surface area is 130 Å². The zero-order chi connectivity index (χ0) is 15.3. The number of aromatic nitrogens is 2. The molecular formula is C14H24N4O2S. The highest BCUT2D eigenvalue weighted by Gasteiger charge is 2.27. The van der Waals surface area contributed by atoms with Crippen molar-refractivity contribution in [1.82, 2.24) is 19.8 Å². The van der Waals surface area contributed by atoms with Crippen LogP contribution in [0.25, 0.3) is 0 Å². The summed E-state index contributed by atoms with van der Waals surface area (Å²) in [5.74, 6) is 0.470. The van der Waals surface area contributed by atoms with E-state index in [1.807, 2.05) is 31.1 Å². The minimum atomic E-state index is -0.431. The second kappa shape index (κ2) is 7.17. The topological polar surface area (TPSA) is 67.3 Å². The Kier molecular flexibility index (Phi) is 5.52. The lowest BCUT2D eigenvalue weighted by Gasteiger charge is -2.34. The highest BCUT2D eigenvalue weighted by Crippen LogP contribution is 2.19. The van der Waals surface area contributed by atoms with Gasteiger partial charge in [-0.05, 0) is 51.1 Å². The molecule has 1 aromatic rings. The van der Waals surface area contributed by atoms with Gasteiger partial charge in [0.25, 0.3) is 0 Å².